The van der Waals surface area contributed by atoms with Crippen molar-refractivity contribution >= 4 is 0 Å². The highest BCUT2D eigenvalue weighted by Gasteiger charge is 2.32. The van der Waals surface area contributed by atoms with Crippen molar-refractivity contribution in [3.63, 3.8) is 0 Å². The van der Waals surface area contributed by atoms with Gasteiger partial charge in [0.2, 0.25) is 5.82 Å². The molecule has 6 rings (SSSR count). The highest BCUT2D eigenvalue weighted by Crippen LogP contribution is 2.42. The number of aromatic hydroxyl groups is 1. The molecule has 1 saturated heterocycles. The first-order chi connectivity index (χ1) is 20.2. The van der Waals surface area contributed by atoms with E-state index < -0.39 is 46.8 Å². The minimum absolute atomic E-state index is 0.0270. The summed E-state index contributed by atoms with van der Waals surface area (Å²) >= 11 is 0. The Hall–Kier alpha value is -3.04. The van der Waals surface area contributed by atoms with Crippen LogP contribution in [0.5, 0.6) is 5.75 Å². The Labute approximate surface area is 240 Å². The van der Waals surface area contributed by atoms with Crippen molar-refractivity contribution in [1.29, 1.82) is 0 Å². The molecular weight excluding hydrogens is 558 g/mol. The molecule has 3 fully saturated rings. The van der Waals surface area contributed by atoms with Crippen LogP contribution in [0.1, 0.15) is 86.0 Å². The van der Waals surface area contributed by atoms with Gasteiger partial charge in [-0.05, 0) is 86.3 Å². The zero-order valence-corrected chi connectivity index (χ0v) is 23.0. The van der Waals surface area contributed by atoms with Gasteiger partial charge in [-0.3, -0.25) is 0 Å². The zero-order valence-electron chi connectivity index (χ0n) is 23.0. The summed E-state index contributed by atoms with van der Waals surface area (Å²) in [6, 6.07) is 8.04. The first-order valence-corrected chi connectivity index (χ1v) is 14.6. The summed E-state index contributed by atoms with van der Waals surface area (Å²) in [4.78, 5) is 0. The van der Waals surface area contributed by atoms with Crippen LogP contribution in [0.25, 0.3) is 11.1 Å². The smallest absolute Gasteiger partial charge is 0.200 e. The molecule has 224 valence electrons. The molecule has 0 spiro atoms. The number of halogens is 6. The molecule has 3 aromatic carbocycles. The summed E-state index contributed by atoms with van der Waals surface area (Å²) < 4.78 is 98.7. The molecule has 0 aromatic heterocycles. The van der Waals surface area contributed by atoms with Crippen molar-refractivity contribution in [3.05, 3.63) is 88.0 Å². The fourth-order valence-corrected chi connectivity index (χ4v) is 6.66. The lowest BCUT2D eigenvalue weighted by Gasteiger charge is -2.32. The molecule has 2 saturated carbocycles. The first-order valence-electron chi connectivity index (χ1n) is 14.6. The molecule has 1 aliphatic heterocycles. The predicted molar refractivity (Wildman–Crippen MR) is 144 cm³/mol. The van der Waals surface area contributed by atoms with E-state index in [4.69, 9.17) is 9.47 Å². The molecule has 2 aliphatic carbocycles. The van der Waals surface area contributed by atoms with Crippen molar-refractivity contribution in [2.45, 2.75) is 75.4 Å². The Morgan fingerprint density at radius 2 is 1.07 bits per heavy atom. The molecule has 3 aliphatic rings. The van der Waals surface area contributed by atoms with E-state index in [0.29, 0.717) is 38.9 Å². The average molecular weight is 591 g/mol. The topological polar surface area (TPSA) is 42.0 Å². The van der Waals surface area contributed by atoms with E-state index in [0.717, 1.165) is 25.7 Å². The summed E-state index contributed by atoms with van der Waals surface area (Å²) in [6.45, 7) is 0.850. The highest BCUT2D eigenvalue weighted by molar-refractivity contribution is 5.66. The van der Waals surface area contributed by atoms with Crippen LogP contribution in [0.2, 0.25) is 0 Å². The monoisotopic (exact) mass is 590 g/mol. The number of rotatable bonds is 7. The van der Waals surface area contributed by atoms with Crippen LogP contribution in [-0.4, -0.2) is 24.4 Å². The van der Waals surface area contributed by atoms with Gasteiger partial charge in [-0.15, -0.1) is 0 Å². The standard InChI is InChI=1S/C33H32F6O3/c34-28-21(9-10-23(30(28)36)24-11-12-25(27-16-42-27)32(38)31(24)37)18-3-1-17(2-4-18)15-41-20-7-5-19(6-8-20)22-13-14-26(40)33(39)29(22)35/h9-14,17-20,27,40H,1-8,15-16H2. The van der Waals surface area contributed by atoms with Gasteiger partial charge in [-0.2, -0.15) is 4.39 Å². The van der Waals surface area contributed by atoms with Gasteiger partial charge in [-0.1, -0.05) is 30.3 Å². The molecule has 0 bridgehead atoms. The molecule has 0 radical (unpaired) electrons. The molecule has 42 heavy (non-hydrogen) atoms. The molecule has 0 amide bonds. The first kappa shape index (κ1) is 29.1. The van der Waals surface area contributed by atoms with Crippen molar-refractivity contribution in [1.82, 2.24) is 0 Å². The fraction of sp³-hybridized carbons (Fsp3) is 0.455. The lowest BCUT2D eigenvalue weighted by atomic mass is 9.78. The Morgan fingerprint density at radius 3 is 1.64 bits per heavy atom. The van der Waals surface area contributed by atoms with Crippen LogP contribution >= 0.6 is 0 Å². The van der Waals surface area contributed by atoms with Crippen molar-refractivity contribution in [3.8, 4) is 16.9 Å². The van der Waals surface area contributed by atoms with Gasteiger partial charge in [0.1, 0.15) is 6.10 Å². The summed E-state index contributed by atoms with van der Waals surface area (Å²) in [5.74, 6) is -7.44. The normalized spacial score (nSPS) is 25.9. The molecule has 9 heteroatoms. The number of phenolic OH excluding ortho intramolecular Hbond substituents is 1. The minimum Gasteiger partial charge on any atom is -0.505 e. The van der Waals surface area contributed by atoms with Gasteiger partial charge in [0.15, 0.2) is 34.8 Å². The number of hydrogen-bond donors (Lipinski definition) is 1. The van der Waals surface area contributed by atoms with Crippen LogP contribution < -0.4 is 0 Å². The highest BCUT2D eigenvalue weighted by atomic mass is 19.2. The van der Waals surface area contributed by atoms with Crippen molar-refractivity contribution < 1.29 is 40.9 Å². The maximum atomic E-state index is 15.2. The quantitative estimate of drug-likeness (QED) is 0.221. The van der Waals surface area contributed by atoms with Crippen molar-refractivity contribution in [2.24, 2.45) is 5.92 Å². The zero-order chi connectivity index (χ0) is 29.5. The Bertz CT molecular complexity index is 1460. The Morgan fingerprint density at radius 1 is 0.595 bits per heavy atom. The second-order valence-electron chi connectivity index (χ2n) is 11.8. The molecule has 1 unspecified atom stereocenters. The molecule has 1 N–H and O–H groups in total. The number of ether oxygens (including phenoxy) is 2. The van der Waals surface area contributed by atoms with E-state index in [1.165, 1.54) is 36.4 Å². The van der Waals surface area contributed by atoms with Gasteiger partial charge in [0.25, 0.3) is 0 Å². The Balaban J connectivity index is 1.01. The summed E-state index contributed by atoms with van der Waals surface area (Å²) in [5.41, 5.74) is -0.0298. The van der Waals surface area contributed by atoms with Crippen molar-refractivity contribution in [2.75, 3.05) is 13.2 Å². The van der Waals surface area contributed by atoms with Gasteiger partial charge in [0, 0.05) is 23.3 Å². The molecular formula is C33H32F6O3. The van der Waals surface area contributed by atoms with E-state index in [9.17, 15) is 22.7 Å². The number of hydrogen-bond acceptors (Lipinski definition) is 3. The largest absolute Gasteiger partial charge is 0.505 e. The summed E-state index contributed by atoms with van der Waals surface area (Å²) in [5, 5.41) is 9.36. The van der Waals surface area contributed by atoms with Gasteiger partial charge >= 0.3 is 0 Å². The minimum atomic E-state index is -1.22. The SMILES string of the molecule is Oc1ccc(C2CCC(OCC3CCC(c4ccc(-c5ccc(C6CO6)c(F)c5F)c(F)c4F)CC3)CC2)c(F)c1F. The average Bonchev–Trinajstić information content (AvgIpc) is 3.84. The predicted octanol–water partition coefficient (Wildman–Crippen LogP) is 8.98. The fourth-order valence-electron chi connectivity index (χ4n) is 6.66. The van der Waals surface area contributed by atoms with E-state index in [-0.39, 0.29) is 51.7 Å². The van der Waals surface area contributed by atoms with Crippen LogP contribution in [0.15, 0.2) is 36.4 Å². The number of epoxide rings is 1. The molecule has 1 atom stereocenters. The Kier molecular flexibility index (Phi) is 8.24. The second-order valence-corrected chi connectivity index (χ2v) is 11.8. The number of benzene rings is 3. The van der Waals surface area contributed by atoms with E-state index in [2.05, 4.69) is 0 Å². The lowest BCUT2D eigenvalue weighted by molar-refractivity contribution is -0.00295. The van der Waals surface area contributed by atoms with Gasteiger partial charge < -0.3 is 14.6 Å². The van der Waals surface area contributed by atoms with E-state index >= 15 is 8.78 Å². The third-order valence-corrected chi connectivity index (χ3v) is 9.25. The van der Waals surface area contributed by atoms with Crippen LogP contribution in [0.3, 0.4) is 0 Å². The second kappa shape index (κ2) is 11.9. The summed E-state index contributed by atoms with van der Waals surface area (Å²) in [6.07, 6.45) is 5.17. The van der Waals surface area contributed by atoms with Crippen LogP contribution in [0.4, 0.5) is 26.3 Å². The van der Waals surface area contributed by atoms with Crippen LogP contribution in [-0.2, 0) is 9.47 Å². The lowest BCUT2D eigenvalue weighted by Crippen LogP contribution is -2.25. The molecule has 3 nitrogen and oxygen atoms in total. The third-order valence-electron chi connectivity index (χ3n) is 9.25. The third kappa shape index (κ3) is 5.65. The van der Waals surface area contributed by atoms with E-state index in [1.54, 1.807) is 0 Å². The molecule has 1 heterocycles. The summed E-state index contributed by atoms with van der Waals surface area (Å²) in [7, 11) is 0. The van der Waals surface area contributed by atoms with Gasteiger partial charge in [-0.25, -0.2) is 22.0 Å². The number of phenols is 1. The van der Waals surface area contributed by atoms with E-state index in [1.807, 2.05) is 0 Å². The molecule has 3 aromatic rings. The van der Waals surface area contributed by atoms with Crippen LogP contribution in [0, 0.1) is 40.8 Å². The van der Waals surface area contributed by atoms with Gasteiger partial charge in [0.05, 0.1) is 12.7 Å². The maximum absolute atomic E-state index is 15.2. The maximum Gasteiger partial charge on any atom is 0.200 e.